The number of para-hydroxylation sites is 1. The number of nitrogens with one attached hydrogen (secondary N) is 1. The van der Waals surface area contributed by atoms with E-state index in [1.54, 1.807) is 0 Å². The fourth-order valence-electron chi connectivity index (χ4n) is 2.12. The number of amides is 1. The number of carboxylic acid groups (broad SMARTS) is 1. The van der Waals surface area contributed by atoms with Crippen LogP contribution in [0.4, 0.5) is 0 Å². The monoisotopic (exact) mass is 328 g/mol. The Morgan fingerprint density at radius 3 is 2.71 bits per heavy atom. The van der Waals surface area contributed by atoms with Gasteiger partial charge in [-0.1, -0.05) is 25.1 Å². The molecule has 0 saturated heterocycles. The Hall–Kier alpha value is -2.89. The van der Waals surface area contributed by atoms with E-state index in [4.69, 9.17) is 9.84 Å². The summed E-state index contributed by atoms with van der Waals surface area (Å²) in [5, 5.41) is 11.7. The molecule has 0 bridgehead atoms. The van der Waals surface area contributed by atoms with E-state index in [-0.39, 0.29) is 17.4 Å². The first kappa shape index (κ1) is 17.5. The number of aromatic carboxylic acids is 1. The highest BCUT2D eigenvalue weighted by Gasteiger charge is 2.14. The van der Waals surface area contributed by atoms with Crippen LogP contribution in [0.3, 0.4) is 0 Å². The summed E-state index contributed by atoms with van der Waals surface area (Å²) >= 11 is 0. The highest BCUT2D eigenvalue weighted by molar-refractivity contribution is 5.95. The van der Waals surface area contributed by atoms with Crippen LogP contribution in [0.5, 0.6) is 5.75 Å². The molecule has 126 valence electrons. The van der Waals surface area contributed by atoms with Crippen LogP contribution in [0.2, 0.25) is 0 Å². The van der Waals surface area contributed by atoms with Crippen LogP contribution >= 0.6 is 0 Å². The summed E-state index contributed by atoms with van der Waals surface area (Å²) in [4.78, 5) is 27.0. The summed E-state index contributed by atoms with van der Waals surface area (Å²) in [6.45, 7) is 4.24. The number of aryl methyl sites for hydroxylation is 1. The van der Waals surface area contributed by atoms with Crippen molar-refractivity contribution >= 4 is 11.9 Å². The summed E-state index contributed by atoms with van der Waals surface area (Å²) in [6, 6.07) is 10.3. The largest absolute Gasteiger partial charge is 0.488 e. The standard InChI is InChI=1S/C18H20N2O4/c1-3-14(24-16-7-5-4-6-12(16)2)11-20-17(21)15-10-13(18(22)23)8-9-19-15/h4-10,14H,3,11H2,1-2H3,(H,20,21)(H,22,23). The van der Waals surface area contributed by atoms with Crippen molar-refractivity contribution in [1.29, 1.82) is 0 Å². The Morgan fingerprint density at radius 1 is 1.29 bits per heavy atom. The molecule has 1 heterocycles. The number of rotatable bonds is 7. The van der Waals surface area contributed by atoms with E-state index in [0.29, 0.717) is 6.54 Å². The predicted octanol–water partition coefficient (Wildman–Crippen LogP) is 2.68. The average molecular weight is 328 g/mol. The number of benzene rings is 1. The normalized spacial score (nSPS) is 11.6. The molecule has 0 fully saturated rings. The van der Waals surface area contributed by atoms with Gasteiger partial charge in [0.25, 0.3) is 5.91 Å². The summed E-state index contributed by atoms with van der Waals surface area (Å²) in [7, 11) is 0. The first-order valence-electron chi connectivity index (χ1n) is 7.71. The highest BCUT2D eigenvalue weighted by Crippen LogP contribution is 2.18. The molecule has 1 unspecified atom stereocenters. The molecular formula is C18H20N2O4. The van der Waals surface area contributed by atoms with Crippen LogP contribution in [0.1, 0.15) is 39.8 Å². The van der Waals surface area contributed by atoms with Gasteiger partial charge in [-0.3, -0.25) is 9.78 Å². The molecule has 0 spiro atoms. The molecule has 6 nitrogen and oxygen atoms in total. The van der Waals surface area contributed by atoms with Gasteiger partial charge in [-0.05, 0) is 37.1 Å². The minimum atomic E-state index is -1.10. The predicted molar refractivity (Wildman–Crippen MR) is 89.4 cm³/mol. The smallest absolute Gasteiger partial charge is 0.335 e. The lowest BCUT2D eigenvalue weighted by Crippen LogP contribution is -2.35. The maximum absolute atomic E-state index is 12.1. The molecule has 0 saturated carbocycles. The van der Waals surface area contributed by atoms with Gasteiger partial charge in [0.15, 0.2) is 0 Å². The maximum Gasteiger partial charge on any atom is 0.335 e. The Bertz CT molecular complexity index is 730. The van der Waals surface area contributed by atoms with Gasteiger partial charge in [-0.15, -0.1) is 0 Å². The first-order valence-corrected chi connectivity index (χ1v) is 7.71. The van der Waals surface area contributed by atoms with E-state index in [1.807, 2.05) is 38.1 Å². The molecule has 0 radical (unpaired) electrons. The maximum atomic E-state index is 12.1. The van der Waals surface area contributed by atoms with Crippen LogP contribution in [0.15, 0.2) is 42.6 Å². The Labute approximate surface area is 140 Å². The molecule has 0 aliphatic rings. The van der Waals surface area contributed by atoms with Crippen LogP contribution in [-0.2, 0) is 0 Å². The number of ether oxygens (including phenoxy) is 1. The second kappa shape index (κ2) is 8.10. The Morgan fingerprint density at radius 2 is 2.04 bits per heavy atom. The zero-order valence-electron chi connectivity index (χ0n) is 13.7. The fraction of sp³-hybridized carbons (Fsp3) is 0.278. The van der Waals surface area contributed by atoms with E-state index >= 15 is 0 Å². The molecule has 0 aliphatic carbocycles. The summed E-state index contributed by atoms with van der Waals surface area (Å²) in [5.41, 5.74) is 1.12. The zero-order chi connectivity index (χ0) is 17.5. The number of carbonyl (C=O) groups excluding carboxylic acids is 1. The average Bonchev–Trinajstić information content (AvgIpc) is 2.60. The Kier molecular flexibility index (Phi) is 5.89. The van der Waals surface area contributed by atoms with E-state index < -0.39 is 11.9 Å². The third-order valence-corrected chi connectivity index (χ3v) is 3.57. The van der Waals surface area contributed by atoms with Crippen LogP contribution in [0.25, 0.3) is 0 Å². The molecule has 2 N–H and O–H groups in total. The topological polar surface area (TPSA) is 88.5 Å². The van der Waals surface area contributed by atoms with Crippen molar-refractivity contribution in [2.75, 3.05) is 6.54 Å². The quantitative estimate of drug-likeness (QED) is 0.816. The zero-order valence-corrected chi connectivity index (χ0v) is 13.7. The minimum absolute atomic E-state index is 0.0263. The van der Waals surface area contributed by atoms with Crippen molar-refractivity contribution in [3.05, 3.63) is 59.4 Å². The lowest BCUT2D eigenvalue weighted by molar-refractivity contribution is 0.0696. The van der Waals surface area contributed by atoms with E-state index in [2.05, 4.69) is 10.3 Å². The van der Waals surface area contributed by atoms with E-state index in [0.717, 1.165) is 17.7 Å². The number of hydrogen-bond acceptors (Lipinski definition) is 4. The van der Waals surface area contributed by atoms with Gasteiger partial charge in [0.05, 0.1) is 12.1 Å². The Balaban J connectivity index is 1.97. The lowest BCUT2D eigenvalue weighted by Gasteiger charge is -2.19. The third kappa shape index (κ3) is 4.55. The summed E-state index contributed by atoms with van der Waals surface area (Å²) < 4.78 is 5.91. The second-order valence-corrected chi connectivity index (χ2v) is 5.36. The number of hydrogen-bond donors (Lipinski definition) is 2. The number of carboxylic acids is 1. The molecule has 2 rings (SSSR count). The van der Waals surface area contributed by atoms with Crippen molar-refractivity contribution in [2.24, 2.45) is 0 Å². The molecule has 1 atom stereocenters. The molecule has 0 aliphatic heterocycles. The van der Waals surface area contributed by atoms with Crippen molar-refractivity contribution < 1.29 is 19.4 Å². The molecule has 1 aromatic carbocycles. The van der Waals surface area contributed by atoms with E-state index in [9.17, 15) is 9.59 Å². The number of carbonyl (C=O) groups is 2. The molecule has 1 amide bonds. The van der Waals surface area contributed by atoms with Gasteiger partial charge in [-0.2, -0.15) is 0 Å². The molecule has 24 heavy (non-hydrogen) atoms. The van der Waals surface area contributed by atoms with Crippen LogP contribution in [0, 0.1) is 6.92 Å². The van der Waals surface area contributed by atoms with Gasteiger partial charge in [0.1, 0.15) is 17.5 Å². The molecule has 2 aromatic rings. The lowest BCUT2D eigenvalue weighted by atomic mass is 10.2. The van der Waals surface area contributed by atoms with Gasteiger partial charge in [0, 0.05) is 6.20 Å². The third-order valence-electron chi connectivity index (χ3n) is 3.57. The SMILES string of the molecule is CCC(CNC(=O)c1cc(C(=O)O)ccn1)Oc1ccccc1C. The summed E-state index contributed by atoms with van der Waals surface area (Å²) in [6.07, 6.45) is 1.84. The van der Waals surface area contributed by atoms with Gasteiger partial charge in [0.2, 0.25) is 0 Å². The molecular weight excluding hydrogens is 308 g/mol. The second-order valence-electron chi connectivity index (χ2n) is 5.36. The van der Waals surface area contributed by atoms with Crippen molar-refractivity contribution in [2.45, 2.75) is 26.4 Å². The van der Waals surface area contributed by atoms with Crippen molar-refractivity contribution in [3.63, 3.8) is 0 Å². The number of nitrogens with zero attached hydrogens (tertiary/aromatic N) is 1. The molecule has 1 aromatic heterocycles. The van der Waals surface area contributed by atoms with Gasteiger partial charge < -0.3 is 15.2 Å². The highest BCUT2D eigenvalue weighted by atomic mass is 16.5. The fourth-order valence-corrected chi connectivity index (χ4v) is 2.12. The number of aromatic nitrogens is 1. The number of pyridine rings is 1. The van der Waals surface area contributed by atoms with Crippen molar-refractivity contribution in [3.8, 4) is 5.75 Å². The van der Waals surface area contributed by atoms with Crippen LogP contribution < -0.4 is 10.1 Å². The van der Waals surface area contributed by atoms with Crippen molar-refractivity contribution in [1.82, 2.24) is 10.3 Å². The summed E-state index contributed by atoms with van der Waals surface area (Å²) in [5.74, 6) is -0.740. The first-order chi connectivity index (χ1) is 11.5. The van der Waals surface area contributed by atoms with Gasteiger partial charge >= 0.3 is 5.97 Å². The minimum Gasteiger partial charge on any atom is -0.488 e. The van der Waals surface area contributed by atoms with Gasteiger partial charge in [-0.25, -0.2) is 4.79 Å². The van der Waals surface area contributed by atoms with Crippen LogP contribution in [-0.4, -0.2) is 34.6 Å². The molecule has 6 heteroatoms. The van der Waals surface area contributed by atoms with E-state index in [1.165, 1.54) is 18.3 Å².